The smallest absolute Gasteiger partial charge is 0.460 e. The lowest BCUT2D eigenvalue weighted by Crippen LogP contribution is -2.41. The zero-order valence-electron chi connectivity index (χ0n) is 15.2. The predicted molar refractivity (Wildman–Crippen MR) is 88.4 cm³/mol. The Morgan fingerprint density at radius 2 is 1.83 bits per heavy atom. The summed E-state index contributed by atoms with van der Waals surface area (Å²) in [5.74, 6) is -0.231. The second-order valence-electron chi connectivity index (χ2n) is 7.96. The Morgan fingerprint density at radius 3 is 2.35 bits per heavy atom. The Morgan fingerprint density at radius 1 is 1.26 bits per heavy atom. The monoisotopic (exact) mass is 322 g/mol. The minimum Gasteiger partial charge on any atom is -0.460 e. The lowest BCUT2D eigenvalue weighted by Gasteiger charge is -2.32. The van der Waals surface area contributed by atoms with Gasteiger partial charge in [-0.15, -0.1) is 0 Å². The fraction of sp³-hybridized carbons (Fsp3) is 0.750. The van der Waals surface area contributed by atoms with Crippen molar-refractivity contribution >= 4 is 18.6 Å². The van der Waals surface area contributed by atoms with Crippen LogP contribution in [0.5, 0.6) is 0 Å². The second kappa shape index (κ2) is 5.94. The molecular weight excluding hydrogens is 295 g/mol. The zero-order chi connectivity index (χ0) is 17.5. The van der Waals surface area contributed by atoms with Gasteiger partial charge in [-0.3, -0.25) is 9.48 Å². The molecule has 0 aromatic carbocycles. The first-order valence-corrected chi connectivity index (χ1v) is 7.99. The third-order valence-corrected chi connectivity index (χ3v) is 4.14. The molecule has 2 rings (SSSR count). The molecule has 0 N–H and O–H groups in total. The Hall–Kier alpha value is -1.34. The van der Waals surface area contributed by atoms with Gasteiger partial charge in [0, 0.05) is 17.9 Å². The molecule has 7 heteroatoms. The molecular formula is C16H27BN2O4. The molecule has 0 aliphatic carbocycles. The van der Waals surface area contributed by atoms with Crippen LogP contribution in [-0.2, 0) is 25.4 Å². The van der Waals surface area contributed by atoms with Crippen molar-refractivity contribution in [1.82, 2.24) is 9.78 Å². The number of aromatic nitrogens is 2. The summed E-state index contributed by atoms with van der Waals surface area (Å²) in [4.78, 5) is 11.8. The van der Waals surface area contributed by atoms with Gasteiger partial charge in [-0.05, 0) is 48.5 Å². The van der Waals surface area contributed by atoms with Crippen LogP contribution in [0.25, 0.3) is 0 Å². The number of hydrogen-bond acceptors (Lipinski definition) is 5. The van der Waals surface area contributed by atoms with Crippen LogP contribution in [-0.4, -0.2) is 39.7 Å². The molecule has 0 saturated carbocycles. The SMILES string of the molecule is CC(C)(C)OC(=O)CCn1cc(B2OC(C)(C)C(C)(C)O2)cn1. The van der Waals surface area contributed by atoms with Crippen molar-refractivity contribution in [2.75, 3.05) is 0 Å². The van der Waals surface area contributed by atoms with Crippen molar-refractivity contribution < 1.29 is 18.8 Å². The molecule has 0 atom stereocenters. The van der Waals surface area contributed by atoms with Crippen LogP contribution in [0.2, 0.25) is 0 Å². The van der Waals surface area contributed by atoms with Crippen molar-refractivity contribution in [3.8, 4) is 0 Å². The highest BCUT2D eigenvalue weighted by Crippen LogP contribution is 2.36. The van der Waals surface area contributed by atoms with E-state index in [2.05, 4.69) is 5.10 Å². The number of nitrogens with zero attached hydrogens (tertiary/aromatic N) is 2. The van der Waals surface area contributed by atoms with E-state index in [-0.39, 0.29) is 23.6 Å². The van der Waals surface area contributed by atoms with Gasteiger partial charge in [0.15, 0.2) is 0 Å². The van der Waals surface area contributed by atoms with Crippen LogP contribution in [0, 0.1) is 0 Å². The summed E-state index contributed by atoms with van der Waals surface area (Å²) in [5.41, 5.74) is -0.366. The molecule has 1 aliphatic heterocycles. The van der Waals surface area contributed by atoms with Crippen LogP contribution in [0.1, 0.15) is 54.9 Å². The topological polar surface area (TPSA) is 62.6 Å². The van der Waals surface area contributed by atoms with Gasteiger partial charge in [-0.2, -0.15) is 5.10 Å². The molecule has 1 saturated heterocycles. The van der Waals surface area contributed by atoms with E-state index in [1.54, 1.807) is 10.9 Å². The van der Waals surface area contributed by atoms with Gasteiger partial charge in [-0.1, -0.05) is 0 Å². The van der Waals surface area contributed by atoms with Crippen molar-refractivity contribution in [3.63, 3.8) is 0 Å². The van der Waals surface area contributed by atoms with Crippen molar-refractivity contribution in [2.24, 2.45) is 0 Å². The second-order valence-corrected chi connectivity index (χ2v) is 7.96. The summed E-state index contributed by atoms with van der Waals surface area (Å²) < 4.78 is 19.0. The van der Waals surface area contributed by atoms with Gasteiger partial charge in [0.05, 0.1) is 24.2 Å². The highest BCUT2D eigenvalue weighted by molar-refractivity contribution is 6.61. The maximum atomic E-state index is 11.8. The molecule has 1 aliphatic rings. The molecule has 23 heavy (non-hydrogen) atoms. The first kappa shape index (κ1) is 18.0. The third-order valence-electron chi connectivity index (χ3n) is 4.14. The standard InChI is InChI=1S/C16H27BN2O4/c1-14(2,3)21-13(20)8-9-19-11-12(10-18-19)17-22-15(4,5)16(6,7)23-17/h10-11H,8-9H2,1-7H3. The van der Waals surface area contributed by atoms with E-state index in [1.165, 1.54) is 0 Å². The molecule has 0 bridgehead atoms. The van der Waals surface area contributed by atoms with E-state index in [4.69, 9.17) is 14.0 Å². The van der Waals surface area contributed by atoms with E-state index < -0.39 is 12.7 Å². The number of hydrogen-bond donors (Lipinski definition) is 0. The number of carbonyl (C=O) groups is 1. The molecule has 1 fully saturated rings. The predicted octanol–water partition coefficient (Wildman–Crippen LogP) is 1.91. The van der Waals surface area contributed by atoms with Crippen LogP contribution in [0.15, 0.2) is 12.4 Å². The van der Waals surface area contributed by atoms with Gasteiger partial charge in [0.2, 0.25) is 0 Å². The lowest BCUT2D eigenvalue weighted by molar-refractivity contribution is -0.155. The van der Waals surface area contributed by atoms with Crippen molar-refractivity contribution in [2.45, 2.75) is 78.2 Å². The first-order valence-electron chi connectivity index (χ1n) is 7.99. The average Bonchev–Trinajstić information content (AvgIpc) is 2.88. The van der Waals surface area contributed by atoms with E-state index >= 15 is 0 Å². The number of esters is 1. The van der Waals surface area contributed by atoms with E-state index in [9.17, 15) is 4.79 Å². The third kappa shape index (κ3) is 4.35. The van der Waals surface area contributed by atoms with Crippen LogP contribution < -0.4 is 5.46 Å². The number of aryl methyl sites for hydroxylation is 1. The highest BCUT2D eigenvalue weighted by Gasteiger charge is 2.52. The Balaban J connectivity index is 1.93. The minimum absolute atomic E-state index is 0.231. The normalized spacial score (nSPS) is 19.9. The summed E-state index contributed by atoms with van der Waals surface area (Å²) in [6.07, 6.45) is 3.85. The Bertz CT molecular complexity index is 559. The Labute approximate surface area is 138 Å². The summed E-state index contributed by atoms with van der Waals surface area (Å²) >= 11 is 0. The van der Waals surface area contributed by atoms with E-state index in [0.29, 0.717) is 6.54 Å². The van der Waals surface area contributed by atoms with E-state index in [1.807, 2.05) is 54.7 Å². The number of ether oxygens (including phenoxy) is 1. The molecule has 128 valence electrons. The summed E-state index contributed by atoms with van der Waals surface area (Å²) in [6.45, 7) is 14.1. The van der Waals surface area contributed by atoms with Gasteiger partial charge < -0.3 is 14.0 Å². The maximum absolute atomic E-state index is 11.8. The fourth-order valence-corrected chi connectivity index (χ4v) is 2.20. The Kier molecular flexibility index (Phi) is 4.65. The molecule has 6 nitrogen and oxygen atoms in total. The van der Waals surface area contributed by atoms with Crippen LogP contribution in [0.4, 0.5) is 0 Å². The molecule has 2 heterocycles. The number of carbonyl (C=O) groups excluding carboxylic acids is 1. The van der Waals surface area contributed by atoms with Crippen molar-refractivity contribution in [3.05, 3.63) is 12.4 Å². The van der Waals surface area contributed by atoms with Crippen LogP contribution >= 0.6 is 0 Å². The zero-order valence-corrected chi connectivity index (χ0v) is 15.2. The van der Waals surface area contributed by atoms with E-state index in [0.717, 1.165) is 5.46 Å². The van der Waals surface area contributed by atoms with Crippen LogP contribution in [0.3, 0.4) is 0 Å². The summed E-state index contributed by atoms with van der Waals surface area (Å²) in [5, 5.41) is 4.27. The van der Waals surface area contributed by atoms with Gasteiger partial charge >= 0.3 is 13.1 Å². The lowest BCUT2D eigenvalue weighted by atomic mass is 9.82. The molecule has 1 aromatic heterocycles. The van der Waals surface area contributed by atoms with Gasteiger partial charge in [0.1, 0.15) is 5.60 Å². The first-order chi connectivity index (χ1) is 10.4. The molecule has 0 amide bonds. The molecule has 1 aromatic rings. The average molecular weight is 322 g/mol. The van der Waals surface area contributed by atoms with Gasteiger partial charge in [-0.25, -0.2) is 0 Å². The largest absolute Gasteiger partial charge is 0.498 e. The summed E-state index contributed by atoms with van der Waals surface area (Å²) in [7, 11) is -0.435. The fourth-order valence-electron chi connectivity index (χ4n) is 2.20. The molecule has 0 radical (unpaired) electrons. The summed E-state index contributed by atoms with van der Waals surface area (Å²) in [6, 6.07) is 0. The highest BCUT2D eigenvalue weighted by atomic mass is 16.7. The molecule has 0 unspecified atom stereocenters. The van der Waals surface area contributed by atoms with Crippen molar-refractivity contribution in [1.29, 1.82) is 0 Å². The molecule has 0 spiro atoms. The number of rotatable bonds is 4. The van der Waals surface area contributed by atoms with Gasteiger partial charge in [0.25, 0.3) is 0 Å². The maximum Gasteiger partial charge on any atom is 0.498 e. The minimum atomic E-state index is -0.463. The quantitative estimate of drug-likeness (QED) is 0.626.